The molecule has 1 aromatic heterocycles. The van der Waals surface area contributed by atoms with E-state index in [1.807, 2.05) is 51.2 Å². The smallest absolute Gasteiger partial charge is 0.410 e. The third-order valence-corrected chi connectivity index (χ3v) is 8.51. The molecule has 2 aliphatic rings. The first-order valence-corrected chi connectivity index (χ1v) is 17.4. The maximum Gasteiger partial charge on any atom is 0.410 e. The van der Waals surface area contributed by atoms with Crippen molar-refractivity contribution < 1.29 is 28.6 Å². The molecule has 10 nitrogen and oxygen atoms in total. The van der Waals surface area contributed by atoms with Crippen LogP contribution in [0.5, 0.6) is 0 Å². The standard InChI is InChI=1S/C28H42N4O6Si/c1-28(2,3)38-27(35)30-14-15-37-21(19-30)18-29-12-10-22-23(29)8-7-9-24(22)31-13-11-25(33)32(26(31)34)20-36-16-17-39(4,5)6/h7-10,12,21H,11,13-20H2,1-6H3/t21-/m1/s1. The van der Waals surface area contributed by atoms with Crippen molar-refractivity contribution in [2.24, 2.45) is 0 Å². The average molecular weight is 559 g/mol. The highest BCUT2D eigenvalue weighted by Gasteiger charge is 2.34. The molecule has 2 fully saturated rings. The SMILES string of the molecule is CC(C)(C)OC(=O)N1CCO[C@H](Cn2ccc3c(N4CCC(=O)N(COCC[Si](C)(C)C)C4=O)cccc32)C1. The second-order valence-electron chi connectivity index (χ2n) is 12.5. The van der Waals surface area contributed by atoms with E-state index in [9.17, 15) is 14.4 Å². The minimum Gasteiger partial charge on any atom is -0.444 e. The number of carbonyl (C=O) groups is 3. The van der Waals surface area contributed by atoms with Crippen LogP contribution in [0.2, 0.25) is 25.7 Å². The lowest BCUT2D eigenvalue weighted by Crippen LogP contribution is -2.53. The Labute approximate surface area is 231 Å². The van der Waals surface area contributed by atoms with Crippen LogP contribution in [-0.4, -0.2) is 91.8 Å². The molecular weight excluding hydrogens is 516 g/mol. The molecule has 0 saturated carbocycles. The predicted octanol–water partition coefficient (Wildman–Crippen LogP) is 4.75. The zero-order chi connectivity index (χ0) is 28.4. The Hall–Kier alpha value is -2.89. The van der Waals surface area contributed by atoms with E-state index in [1.54, 1.807) is 9.80 Å². The van der Waals surface area contributed by atoms with Gasteiger partial charge in [0, 0.05) is 45.8 Å². The number of rotatable bonds is 8. The van der Waals surface area contributed by atoms with Crippen LogP contribution in [0.15, 0.2) is 30.5 Å². The van der Waals surface area contributed by atoms with E-state index in [0.717, 1.165) is 22.6 Å². The molecule has 0 aliphatic carbocycles. The first-order chi connectivity index (χ1) is 18.3. The summed E-state index contributed by atoms with van der Waals surface area (Å²) in [7, 11) is -1.27. The topological polar surface area (TPSA) is 93.5 Å². The zero-order valence-corrected chi connectivity index (χ0v) is 25.1. The van der Waals surface area contributed by atoms with E-state index >= 15 is 0 Å². The van der Waals surface area contributed by atoms with Gasteiger partial charge in [-0.2, -0.15) is 0 Å². The summed E-state index contributed by atoms with van der Waals surface area (Å²) in [5.74, 6) is -0.210. The number of carbonyl (C=O) groups excluding carboxylic acids is 3. The molecule has 3 heterocycles. The van der Waals surface area contributed by atoms with Gasteiger partial charge in [-0.05, 0) is 45.0 Å². The molecule has 4 rings (SSSR count). The molecule has 2 aromatic rings. The first kappa shape index (κ1) is 29.1. The normalized spacial score (nSPS) is 19.2. The molecule has 0 unspecified atom stereocenters. The van der Waals surface area contributed by atoms with Gasteiger partial charge in [0.2, 0.25) is 5.91 Å². The number of urea groups is 1. The Morgan fingerprint density at radius 2 is 1.90 bits per heavy atom. The lowest BCUT2D eigenvalue weighted by atomic mass is 10.1. The van der Waals surface area contributed by atoms with E-state index in [2.05, 4.69) is 24.2 Å². The van der Waals surface area contributed by atoms with Crippen molar-refractivity contribution in [1.82, 2.24) is 14.4 Å². The summed E-state index contributed by atoms with van der Waals surface area (Å²) in [4.78, 5) is 43.1. The highest BCUT2D eigenvalue weighted by atomic mass is 28.3. The minimum absolute atomic E-state index is 0.0250. The van der Waals surface area contributed by atoms with Gasteiger partial charge in [-0.3, -0.25) is 9.69 Å². The lowest BCUT2D eigenvalue weighted by Gasteiger charge is -2.35. The highest BCUT2D eigenvalue weighted by molar-refractivity contribution is 6.76. The molecule has 2 saturated heterocycles. The molecule has 0 N–H and O–H groups in total. The van der Waals surface area contributed by atoms with Gasteiger partial charge in [0.05, 0.1) is 37.0 Å². The van der Waals surface area contributed by atoms with Crippen LogP contribution in [0.4, 0.5) is 15.3 Å². The van der Waals surface area contributed by atoms with Crippen LogP contribution in [0, 0.1) is 0 Å². The Morgan fingerprint density at radius 1 is 1.13 bits per heavy atom. The maximum atomic E-state index is 13.4. The molecule has 1 aromatic carbocycles. The van der Waals surface area contributed by atoms with Gasteiger partial charge in [-0.1, -0.05) is 25.7 Å². The van der Waals surface area contributed by atoms with E-state index in [-0.39, 0.29) is 37.3 Å². The van der Waals surface area contributed by atoms with E-state index < -0.39 is 13.7 Å². The van der Waals surface area contributed by atoms with Gasteiger partial charge in [0.15, 0.2) is 0 Å². The molecule has 2 aliphatic heterocycles. The molecule has 214 valence electrons. The number of imide groups is 1. The van der Waals surface area contributed by atoms with Gasteiger partial charge >= 0.3 is 12.1 Å². The van der Waals surface area contributed by atoms with Crippen LogP contribution >= 0.6 is 0 Å². The summed E-state index contributed by atoms with van der Waals surface area (Å²) >= 11 is 0. The van der Waals surface area contributed by atoms with Crippen LogP contribution in [0.1, 0.15) is 27.2 Å². The summed E-state index contributed by atoms with van der Waals surface area (Å²) in [5, 5.41) is 0.916. The van der Waals surface area contributed by atoms with Gasteiger partial charge in [0.1, 0.15) is 12.3 Å². The van der Waals surface area contributed by atoms with Crippen molar-refractivity contribution in [2.45, 2.75) is 71.1 Å². The van der Waals surface area contributed by atoms with Gasteiger partial charge in [-0.15, -0.1) is 0 Å². The highest BCUT2D eigenvalue weighted by Crippen LogP contribution is 2.31. The molecule has 11 heteroatoms. The quantitative estimate of drug-likeness (QED) is 0.343. The summed E-state index contributed by atoms with van der Waals surface area (Å²) < 4.78 is 19.3. The number of ether oxygens (including phenoxy) is 3. The number of anilines is 1. The van der Waals surface area contributed by atoms with Crippen molar-refractivity contribution in [3.05, 3.63) is 30.5 Å². The first-order valence-electron chi connectivity index (χ1n) is 13.7. The molecular formula is C28H42N4O6Si. The number of hydrogen-bond acceptors (Lipinski definition) is 6. The van der Waals surface area contributed by atoms with Gasteiger partial charge in [0.25, 0.3) is 0 Å². The number of benzene rings is 1. The Morgan fingerprint density at radius 3 is 2.62 bits per heavy atom. The van der Waals surface area contributed by atoms with Crippen LogP contribution in [0.3, 0.4) is 0 Å². The van der Waals surface area contributed by atoms with E-state index in [4.69, 9.17) is 14.2 Å². The molecule has 0 radical (unpaired) electrons. The van der Waals surface area contributed by atoms with Gasteiger partial charge in [-0.25, -0.2) is 14.5 Å². The fraction of sp³-hybridized carbons (Fsp3) is 0.607. The van der Waals surface area contributed by atoms with Crippen LogP contribution in [0.25, 0.3) is 10.9 Å². The second kappa shape index (κ2) is 11.7. The Bertz CT molecular complexity index is 1200. The van der Waals surface area contributed by atoms with Crippen molar-refractivity contribution >= 4 is 42.7 Å². The number of fused-ring (bicyclic) bond motifs is 1. The molecule has 4 amide bonds. The third-order valence-electron chi connectivity index (χ3n) is 6.80. The zero-order valence-electron chi connectivity index (χ0n) is 24.1. The number of nitrogens with zero attached hydrogens (tertiary/aromatic N) is 4. The summed E-state index contributed by atoms with van der Waals surface area (Å²) in [6, 6.07) is 8.43. The fourth-order valence-electron chi connectivity index (χ4n) is 4.72. The number of hydrogen-bond donors (Lipinski definition) is 0. The molecule has 1 atom stereocenters. The number of amides is 4. The number of aromatic nitrogens is 1. The lowest BCUT2D eigenvalue weighted by molar-refractivity contribution is -0.133. The van der Waals surface area contributed by atoms with Crippen molar-refractivity contribution in [3.63, 3.8) is 0 Å². The van der Waals surface area contributed by atoms with E-state index in [1.165, 1.54) is 4.90 Å². The predicted molar refractivity (Wildman–Crippen MR) is 153 cm³/mol. The fourth-order valence-corrected chi connectivity index (χ4v) is 5.48. The van der Waals surface area contributed by atoms with Crippen LogP contribution in [-0.2, 0) is 25.5 Å². The molecule has 0 spiro atoms. The van der Waals surface area contributed by atoms with Crippen LogP contribution < -0.4 is 4.90 Å². The van der Waals surface area contributed by atoms with Crippen molar-refractivity contribution in [2.75, 3.05) is 44.5 Å². The average Bonchev–Trinajstić information content (AvgIpc) is 3.25. The number of morpholine rings is 1. The second-order valence-corrected chi connectivity index (χ2v) is 18.1. The van der Waals surface area contributed by atoms with Crippen molar-refractivity contribution in [1.29, 1.82) is 0 Å². The minimum atomic E-state index is -1.27. The molecule has 0 bridgehead atoms. The van der Waals surface area contributed by atoms with Gasteiger partial charge < -0.3 is 23.7 Å². The van der Waals surface area contributed by atoms with E-state index in [0.29, 0.717) is 39.4 Å². The maximum absolute atomic E-state index is 13.4. The summed E-state index contributed by atoms with van der Waals surface area (Å²) in [6.45, 7) is 15.1. The summed E-state index contributed by atoms with van der Waals surface area (Å²) in [5.41, 5.74) is 1.16. The largest absolute Gasteiger partial charge is 0.444 e. The summed E-state index contributed by atoms with van der Waals surface area (Å²) in [6.07, 6.45) is 1.70. The molecule has 39 heavy (non-hydrogen) atoms. The Kier molecular flexibility index (Phi) is 8.72. The van der Waals surface area contributed by atoms with Crippen molar-refractivity contribution in [3.8, 4) is 0 Å². The monoisotopic (exact) mass is 558 g/mol. The Balaban J connectivity index is 1.45. The third kappa shape index (κ3) is 7.40.